The molecule has 0 amide bonds. The quantitative estimate of drug-likeness (QED) is 0.0200. The van der Waals surface area contributed by atoms with Gasteiger partial charge in [-0.15, -0.1) is 5.10 Å². The van der Waals surface area contributed by atoms with E-state index in [9.17, 15) is 43.9 Å². The summed E-state index contributed by atoms with van der Waals surface area (Å²) in [5.74, 6) is 1.61. The number of aromatic nitrogens is 20. The number of anilines is 11. The fourth-order valence-electron chi connectivity index (χ4n) is 11.3. The van der Waals surface area contributed by atoms with Gasteiger partial charge in [0.1, 0.15) is 17.3 Å². The Morgan fingerprint density at radius 1 is 0.500 bits per heavy atom. The van der Waals surface area contributed by atoms with Crippen LogP contribution in [0.5, 0.6) is 17.2 Å². The monoisotopic (exact) mass is 1610 g/mol. The molecule has 10 N–H and O–H groups in total. The van der Waals surface area contributed by atoms with Gasteiger partial charge < -0.3 is 57.5 Å². The second-order valence-electron chi connectivity index (χ2n) is 23.8. The molecule has 0 fully saturated rings. The number of rotatable bonds is 21. The molecule has 7 aromatic carbocycles. The normalized spacial score (nSPS) is 11.2. The van der Waals surface area contributed by atoms with E-state index in [2.05, 4.69) is 120 Å². The van der Waals surface area contributed by atoms with Crippen LogP contribution in [-0.2, 0) is 19.1 Å². The largest absolute Gasteiger partial charge is 0.435 e. The molecule has 0 saturated carbocycles. The molecule has 16 aromatic rings. The highest BCUT2D eigenvalue weighted by Crippen LogP contribution is 2.34. The van der Waals surface area contributed by atoms with Crippen LogP contribution in [0, 0.1) is 19.3 Å². The number of alkyl halides is 9. The molecule has 0 atom stereocenters. The third kappa shape index (κ3) is 19.0. The van der Waals surface area contributed by atoms with Crippen LogP contribution >= 0.6 is 11.8 Å². The molecule has 16 rings (SSSR count). The number of pyridine rings is 1. The molecular formula is C74H58F10N28O3S. The molecule has 0 spiro atoms. The second-order valence-corrected chi connectivity index (χ2v) is 24.6. The lowest BCUT2D eigenvalue weighted by atomic mass is 10.2. The van der Waals surface area contributed by atoms with Gasteiger partial charge in [-0.2, -0.15) is 99.6 Å². The minimum Gasteiger partial charge on any atom is -0.435 e. The van der Waals surface area contributed by atoms with Crippen molar-refractivity contribution < 1.29 is 58.1 Å². The van der Waals surface area contributed by atoms with Gasteiger partial charge >= 0.3 is 26.0 Å². The number of nitrogens with zero attached hydrogens (tertiary/aromatic N) is 21. The van der Waals surface area contributed by atoms with Crippen molar-refractivity contribution in [3.63, 3.8) is 0 Å². The molecule has 42 heteroatoms. The number of imidazole rings is 3. The summed E-state index contributed by atoms with van der Waals surface area (Å²) in [6, 6.07) is 48.0. The van der Waals surface area contributed by atoms with E-state index < -0.39 is 43.1 Å². The fourth-order valence-corrected chi connectivity index (χ4v) is 11.9. The number of para-hydroxylation sites is 6. The van der Waals surface area contributed by atoms with E-state index in [0.29, 0.717) is 63.1 Å². The van der Waals surface area contributed by atoms with Crippen molar-refractivity contribution in [1.29, 1.82) is 0 Å². The highest BCUT2D eigenvalue weighted by Gasteiger charge is 2.30. The number of nitrogens with one attached hydrogen (secondary N) is 4. The van der Waals surface area contributed by atoms with Crippen molar-refractivity contribution in [3.8, 4) is 46.4 Å². The zero-order valence-electron chi connectivity index (χ0n) is 60.2. The lowest BCUT2D eigenvalue weighted by Crippen LogP contribution is -2.11. The molecule has 116 heavy (non-hydrogen) atoms. The minimum absolute atomic E-state index is 0.0140. The summed E-state index contributed by atoms with van der Waals surface area (Å²) in [4.78, 5) is 59.4. The molecule has 9 heterocycles. The number of fused-ring (bicyclic) bond motifs is 4. The van der Waals surface area contributed by atoms with Gasteiger partial charge in [0.25, 0.3) is 6.54 Å². The Labute approximate surface area is 652 Å². The summed E-state index contributed by atoms with van der Waals surface area (Å²) >= 11 is 1.45. The van der Waals surface area contributed by atoms with Crippen molar-refractivity contribution in [3.05, 3.63) is 235 Å². The number of halogens is 10. The van der Waals surface area contributed by atoms with Gasteiger partial charge in [-0.05, 0) is 147 Å². The van der Waals surface area contributed by atoms with Crippen molar-refractivity contribution in [1.82, 2.24) is 98.3 Å². The summed E-state index contributed by atoms with van der Waals surface area (Å²) in [5, 5.41) is 24.6. The fraction of sp³-hybridized carbons (Fsp3) is 0.122. The van der Waals surface area contributed by atoms with Gasteiger partial charge in [0.05, 0.1) is 61.6 Å². The van der Waals surface area contributed by atoms with E-state index in [-0.39, 0.29) is 71.3 Å². The first-order valence-electron chi connectivity index (χ1n) is 34.0. The molecule has 0 aliphatic carbocycles. The Morgan fingerprint density at radius 3 is 1.52 bits per heavy atom. The third-order valence-corrected chi connectivity index (χ3v) is 16.7. The molecule has 588 valence electrons. The average Bonchev–Trinajstić information content (AvgIpc) is 1.64. The van der Waals surface area contributed by atoms with Crippen LogP contribution in [0.15, 0.2) is 200 Å². The first-order chi connectivity index (χ1) is 55.9. The first-order valence-corrected chi connectivity index (χ1v) is 35.2. The first kappa shape index (κ1) is 78.9. The highest BCUT2D eigenvalue weighted by atomic mass is 32.2. The highest BCUT2D eigenvalue weighted by molar-refractivity contribution is 7.98. The molecule has 0 radical (unpaired) electrons. The maximum atomic E-state index is 14.0. The third-order valence-electron chi connectivity index (χ3n) is 16.1. The predicted octanol–water partition coefficient (Wildman–Crippen LogP) is 15.5. The van der Waals surface area contributed by atoms with Gasteiger partial charge in [-0.1, -0.05) is 61.2 Å². The average molecular weight is 1610 g/mol. The molecule has 0 aliphatic rings. The summed E-state index contributed by atoms with van der Waals surface area (Å²) in [6.07, 6.45) is 1.57. The van der Waals surface area contributed by atoms with Crippen molar-refractivity contribution in [2.45, 2.75) is 58.0 Å². The number of thioether (sulfide) groups is 1. The summed E-state index contributed by atoms with van der Waals surface area (Å²) in [5.41, 5.74) is 25.6. The van der Waals surface area contributed by atoms with E-state index in [0.717, 1.165) is 68.9 Å². The maximum absolute atomic E-state index is 14.0. The maximum Gasteiger partial charge on any atom is 0.416 e. The Morgan fingerprint density at radius 2 is 0.974 bits per heavy atom. The number of aryl methyl sites for hydroxylation is 2. The standard InChI is InChI=1S/C19H13F3N8O.C19H15F3N6.C18H15F2N7OS.C18H15F2N7O/c1-24-9-15-26-12-4-2-3-5-13(12)30(15)19-28-17(23)27-18(29-19)25-10-6-7-14(11(20)8-10)31-16(21)22;1-2-16-25-14-5-3-4-6-15(14)28(16)17-11-23-27-18(26-17)24-13-9-7-12(8-10-13)19(20,21)22;1-29-18-23-12-4-2-3-5-13(12)27(18)17-25-15(21)24-16(26-17)22-10-6-8-11(9-7-10)28-14(19)20;1-10-14(13-4-2-3-9-27(13)26-10)15-23-17(21)25-18(24-15)22-11-5-7-12(8-6-11)28-16(19)20/h2-8,16H,9H2,(H3,23,25,27,28,29);3-11H,2H2,1H3,(H,24,26,27);2-9,14H,1H3,(H3,21,22,24,25,26);2-9,16H,1H3,(H3,21,22,23,24,25). The van der Waals surface area contributed by atoms with Gasteiger partial charge in [-0.3, -0.25) is 13.7 Å². The van der Waals surface area contributed by atoms with Crippen molar-refractivity contribution in [2.24, 2.45) is 0 Å². The summed E-state index contributed by atoms with van der Waals surface area (Å²) in [7, 11) is 0. The van der Waals surface area contributed by atoms with Gasteiger partial charge in [0.2, 0.25) is 53.5 Å². The Hall–Kier alpha value is -15.2. The van der Waals surface area contributed by atoms with Gasteiger partial charge in [0.15, 0.2) is 34.2 Å². The zero-order chi connectivity index (χ0) is 81.7. The molecule has 0 unspecified atom stereocenters. The van der Waals surface area contributed by atoms with Crippen LogP contribution in [0.4, 0.5) is 108 Å². The molecule has 9 aromatic heterocycles. The number of nitrogens with two attached hydrogens (primary N) is 3. The lowest BCUT2D eigenvalue weighted by Gasteiger charge is -2.10. The molecular weight excluding hydrogens is 1550 g/mol. The lowest BCUT2D eigenvalue weighted by molar-refractivity contribution is -0.137. The van der Waals surface area contributed by atoms with Crippen LogP contribution in [0.1, 0.15) is 29.8 Å². The van der Waals surface area contributed by atoms with E-state index in [4.69, 9.17) is 23.8 Å². The van der Waals surface area contributed by atoms with Crippen molar-refractivity contribution in [2.75, 3.05) is 44.7 Å². The molecule has 0 saturated heterocycles. The van der Waals surface area contributed by atoms with Crippen LogP contribution in [0.25, 0.3) is 72.6 Å². The van der Waals surface area contributed by atoms with E-state index >= 15 is 0 Å². The topological polar surface area (TPSA) is 384 Å². The summed E-state index contributed by atoms with van der Waals surface area (Å²) < 4.78 is 145. The molecule has 31 nitrogen and oxygen atoms in total. The Bertz CT molecular complexity index is 6190. The smallest absolute Gasteiger partial charge is 0.416 e. The predicted molar refractivity (Wildman–Crippen MR) is 411 cm³/mol. The Balaban J connectivity index is 0.000000135. The molecule has 0 bridgehead atoms. The number of hydrogen-bond acceptors (Lipinski definition) is 27. The van der Waals surface area contributed by atoms with Crippen molar-refractivity contribution >= 4 is 115 Å². The number of hydrogen-bond donors (Lipinski definition) is 7. The van der Waals surface area contributed by atoms with Crippen LogP contribution < -0.4 is 52.7 Å². The van der Waals surface area contributed by atoms with E-state index in [1.54, 1.807) is 56.1 Å². The van der Waals surface area contributed by atoms with Crippen LogP contribution in [-0.4, -0.2) is 124 Å². The van der Waals surface area contributed by atoms with E-state index in [1.807, 2.05) is 104 Å². The van der Waals surface area contributed by atoms with Crippen LogP contribution in [0.3, 0.4) is 0 Å². The number of ether oxygens (including phenoxy) is 3. The zero-order valence-corrected chi connectivity index (χ0v) is 61.0. The molecule has 0 aliphatic heterocycles. The van der Waals surface area contributed by atoms with Gasteiger partial charge in [-0.25, -0.2) is 30.4 Å². The van der Waals surface area contributed by atoms with E-state index in [1.165, 1.54) is 60.4 Å². The summed E-state index contributed by atoms with van der Waals surface area (Å²) in [6.45, 7) is 2.11. The number of benzene rings is 7. The Kier molecular flexibility index (Phi) is 23.8. The van der Waals surface area contributed by atoms with Gasteiger partial charge in [0, 0.05) is 41.4 Å². The second kappa shape index (κ2) is 35.0. The number of nitrogen functional groups attached to an aromatic ring is 3. The minimum atomic E-state index is -4.38. The van der Waals surface area contributed by atoms with Crippen LogP contribution in [0.2, 0.25) is 0 Å². The SMILES string of the molecule is CCc1nc2ccccc2n1-c1cnnc(Nc2ccc(C(F)(F)F)cc2)n1.CSc1nc2ccccc2n1-c1nc(N)nc(Nc2ccc(OC(F)F)cc2)n1.Cc1nn2ccccc2c1-c1nc(N)nc(Nc2ccc(OC(F)F)cc2)n1.[C-]#[N+]Cc1nc2ccccc2n1-c1nc(N)nc(Nc2ccc(OC(F)F)c(F)c2)n1.